The number of aliphatic hydroxyl groups excluding tert-OH is 1. The van der Waals surface area contributed by atoms with Gasteiger partial charge in [0.05, 0.1) is 6.10 Å². The van der Waals surface area contributed by atoms with Crippen LogP contribution in [0.1, 0.15) is 31.9 Å². The second kappa shape index (κ2) is 5.81. The lowest BCUT2D eigenvalue weighted by molar-refractivity contribution is 0.147. The summed E-state index contributed by atoms with van der Waals surface area (Å²) in [5, 5.41) is 10.0. The highest BCUT2D eigenvalue weighted by Gasteiger charge is 2.25. The summed E-state index contributed by atoms with van der Waals surface area (Å²) in [6, 6.07) is 6.25. The molecule has 0 aromatic heterocycles. The first-order valence-corrected chi connectivity index (χ1v) is 6.72. The minimum Gasteiger partial charge on any atom is -0.388 e. The normalized spacial score (nSPS) is 26.4. The summed E-state index contributed by atoms with van der Waals surface area (Å²) in [7, 11) is 0. The molecule has 2 rings (SSSR count). The van der Waals surface area contributed by atoms with Crippen molar-refractivity contribution in [1.29, 1.82) is 0 Å². The molecule has 1 aromatic rings. The van der Waals surface area contributed by atoms with E-state index in [2.05, 4.69) is 18.7 Å². The van der Waals surface area contributed by atoms with E-state index in [0.717, 1.165) is 31.5 Å². The first-order chi connectivity index (χ1) is 8.56. The molecular formula is C15H22FNO. The maximum absolute atomic E-state index is 13.0. The third kappa shape index (κ3) is 3.30. The summed E-state index contributed by atoms with van der Waals surface area (Å²) >= 11 is 0. The van der Waals surface area contributed by atoms with Crippen molar-refractivity contribution in [3.8, 4) is 0 Å². The monoisotopic (exact) mass is 251 g/mol. The van der Waals surface area contributed by atoms with Crippen LogP contribution in [0.25, 0.3) is 0 Å². The van der Waals surface area contributed by atoms with Gasteiger partial charge in [-0.25, -0.2) is 4.39 Å². The maximum Gasteiger partial charge on any atom is 0.123 e. The van der Waals surface area contributed by atoms with Crippen molar-refractivity contribution in [2.75, 3.05) is 19.6 Å². The van der Waals surface area contributed by atoms with E-state index in [-0.39, 0.29) is 5.82 Å². The van der Waals surface area contributed by atoms with Crippen molar-refractivity contribution in [3.05, 3.63) is 35.6 Å². The molecule has 3 heteroatoms. The molecule has 0 spiro atoms. The Labute approximate surface area is 108 Å². The molecule has 18 heavy (non-hydrogen) atoms. The van der Waals surface area contributed by atoms with Crippen LogP contribution in [0.2, 0.25) is 0 Å². The summed E-state index contributed by atoms with van der Waals surface area (Å²) < 4.78 is 13.0. The summed E-state index contributed by atoms with van der Waals surface area (Å²) in [6.07, 6.45) is 0.106. The Kier molecular flexibility index (Phi) is 4.36. The Bertz CT molecular complexity index is 386. The van der Waals surface area contributed by atoms with E-state index in [9.17, 15) is 9.50 Å². The highest BCUT2D eigenvalue weighted by molar-refractivity contribution is 5.18. The number of rotatable bonds is 4. The second-order valence-electron chi connectivity index (χ2n) is 5.57. The van der Waals surface area contributed by atoms with Gasteiger partial charge in [0.25, 0.3) is 0 Å². The van der Waals surface area contributed by atoms with Crippen LogP contribution in [0, 0.1) is 17.7 Å². The molecule has 0 amide bonds. The van der Waals surface area contributed by atoms with E-state index in [1.165, 1.54) is 12.1 Å². The first-order valence-electron chi connectivity index (χ1n) is 6.72. The van der Waals surface area contributed by atoms with E-state index in [0.29, 0.717) is 12.0 Å². The molecule has 1 fully saturated rings. The molecule has 0 aliphatic carbocycles. The van der Waals surface area contributed by atoms with Crippen molar-refractivity contribution in [2.24, 2.45) is 11.8 Å². The van der Waals surface area contributed by atoms with Crippen LogP contribution in [0.5, 0.6) is 0 Å². The predicted octanol–water partition coefficient (Wildman–Crippen LogP) is 2.84. The fourth-order valence-electron chi connectivity index (χ4n) is 2.62. The predicted molar refractivity (Wildman–Crippen MR) is 70.7 cm³/mol. The summed E-state index contributed by atoms with van der Waals surface area (Å²) in [5.74, 6) is 1.18. The topological polar surface area (TPSA) is 23.5 Å². The Morgan fingerprint density at radius 1 is 1.33 bits per heavy atom. The lowest BCUT2D eigenvalue weighted by Gasteiger charge is -2.18. The molecule has 3 atom stereocenters. The number of aliphatic hydroxyl groups is 1. The summed E-state index contributed by atoms with van der Waals surface area (Å²) in [4.78, 5) is 2.39. The van der Waals surface area contributed by atoms with Crippen LogP contribution >= 0.6 is 0 Å². The fourth-order valence-corrected chi connectivity index (χ4v) is 2.62. The van der Waals surface area contributed by atoms with Crippen molar-refractivity contribution in [1.82, 2.24) is 4.90 Å². The SMILES string of the molecule is CC1CN(CCC(O)c2cccc(F)c2)CC1C. The van der Waals surface area contributed by atoms with Crippen molar-refractivity contribution < 1.29 is 9.50 Å². The van der Waals surface area contributed by atoms with E-state index >= 15 is 0 Å². The number of hydrogen-bond acceptors (Lipinski definition) is 2. The zero-order chi connectivity index (χ0) is 13.1. The molecule has 0 radical (unpaired) electrons. The van der Waals surface area contributed by atoms with Gasteiger partial charge < -0.3 is 10.0 Å². The smallest absolute Gasteiger partial charge is 0.123 e. The van der Waals surface area contributed by atoms with Crippen LogP contribution in [0.4, 0.5) is 4.39 Å². The van der Waals surface area contributed by atoms with Gasteiger partial charge in [0.1, 0.15) is 5.82 Å². The average Bonchev–Trinajstić information content (AvgIpc) is 2.66. The van der Waals surface area contributed by atoms with Gasteiger partial charge >= 0.3 is 0 Å². The first kappa shape index (κ1) is 13.5. The van der Waals surface area contributed by atoms with Gasteiger partial charge in [-0.3, -0.25) is 0 Å². The molecule has 100 valence electrons. The second-order valence-corrected chi connectivity index (χ2v) is 5.57. The zero-order valence-electron chi connectivity index (χ0n) is 11.1. The summed E-state index contributed by atoms with van der Waals surface area (Å²) in [6.45, 7) is 7.64. The molecule has 1 aromatic carbocycles. The van der Waals surface area contributed by atoms with Gasteiger partial charge in [0.15, 0.2) is 0 Å². The van der Waals surface area contributed by atoms with Crippen LogP contribution < -0.4 is 0 Å². The molecule has 1 aliphatic rings. The maximum atomic E-state index is 13.0. The third-order valence-corrected chi connectivity index (χ3v) is 4.02. The van der Waals surface area contributed by atoms with E-state index in [1.54, 1.807) is 12.1 Å². The number of nitrogens with zero attached hydrogens (tertiary/aromatic N) is 1. The van der Waals surface area contributed by atoms with E-state index in [1.807, 2.05) is 0 Å². The average molecular weight is 251 g/mol. The molecule has 1 saturated heterocycles. The Hall–Kier alpha value is -0.930. The summed E-state index contributed by atoms with van der Waals surface area (Å²) in [5.41, 5.74) is 0.676. The molecule has 1 N–H and O–H groups in total. The van der Waals surface area contributed by atoms with Gasteiger partial charge in [-0.15, -0.1) is 0 Å². The molecule has 1 heterocycles. The number of halogens is 1. The standard InChI is InChI=1S/C15H22FNO/c1-11-9-17(10-12(11)2)7-6-15(18)13-4-3-5-14(16)8-13/h3-5,8,11-12,15,18H,6-7,9-10H2,1-2H3. The van der Waals surface area contributed by atoms with Crippen LogP contribution in [0.3, 0.4) is 0 Å². The molecule has 2 nitrogen and oxygen atoms in total. The zero-order valence-corrected chi connectivity index (χ0v) is 11.1. The fraction of sp³-hybridized carbons (Fsp3) is 0.600. The van der Waals surface area contributed by atoms with Crippen molar-refractivity contribution >= 4 is 0 Å². The molecule has 1 aliphatic heterocycles. The third-order valence-electron chi connectivity index (χ3n) is 4.02. The largest absolute Gasteiger partial charge is 0.388 e. The highest BCUT2D eigenvalue weighted by Crippen LogP contribution is 2.24. The van der Waals surface area contributed by atoms with Gasteiger partial charge in [-0.05, 0) is 36.0 Å². The minimum absolute atomic E-state index is 0.282. The van der Waals surface area contributed by atoms with Gasteiger partial charge in [0.2, 0.25) is 0 Å². The Balaban J connectivity index is 1.83. The highest BCUT2D eigenvalue weighted by atomic mass is 19.1. The van der Waals surface area contributed by atoms with E-state index in [4.69, 9.17) is 0 Å². The molecule has 3 unspecified atom stereocenters. The molecule has 0 saturated carbocycles. The van der Waals surface area contributed by atoms with Gasteiger partial charge in [0, 0.05) is 19.6 Å². The lowest BCUT2D eigenvalue weighted by Crippen LogP contribution is -2.23. The number of benzene rings is 1. The van der Waals surface area contributed by atoms with Crippen molar-refractivity contribution in [2.45, 2.75) is 26.4 Å². The molecule has 0 bridgehead atoms. The van der Waals surface area contributed by atoms with E-state index < -0.39 is 6.10 Å². The van der Waals surface area contributed by atoms with Crippen LogP contribution in [-0.4, -0.2) is 29.6 Å². The quantitative estimate of drug-likeness (QED) is 0.889. The minimum atomic E-state index is -0.563. The Morgan fingerprint density at radius 2 is 2.00 bits per heavy atom. The van der Waals surface area contributed by atoms with Gasteiger partial charge in [-0.2, -0.15) is 0 Å². The van der Waals surface area contributed by atoms with Crippen LogP contribution in [-0.2, 0) is 0 Å². The van der Waals surface area contributed by atoms with Crippen molar-refractivity contribution in [3.63, 3.8) is 0 Å². The van der Waals surface area contributed by atoms with Gasteiger partial charge in [-0.1, -0.05) is 26.0 Å². The number of likely N-dealkylation sites (tertiary alicyclic amines) is 1. The number of hydrogen-bond donors (Lipinski definition) is 1. The van der Waals surface area contributed by atoms with Crippen LogP contribution in [0.15, 0.2) is 24.3 Å². The Morgan fingerprint density at radius 3 is 2.61 bits per heavy atom. The molecular weight excluding hydrogens is 229 g/mol. The lowest BCUT2D eigenvalue weighted by atomic mass is 10.0.